The number of hydrogen-bond donors (Lipinski definition) is 0. The van der Waals surface area contributed by atoms with Crippen molar-refractivity contribution in [2.24, 2.45) is 5.92 Å². The molecule has 0 aliphatic heterocycles. The Hall–Kier alpha value is -1.58. The highest BCUT2D eigenvalue weighted by atomic mass is 16.5. The molecule has 0 saturated carbocycles. The van der Waals surface area contributed by atoms with Gasteiger partial charge < -0.3 is 9.30 Å². The van der Waals surface area contributed by atoms with Crippen LogP contribution >= 0.6 is 0 Å². The summed E-state index contributed by atoms with van der Waals surface area (Å²) in [4.78, 5) is 24.0. The number of hydrogen-bond acceptors (Lipinski definition) is 3. The molecule has 4 nitrogen and oxygen atoms in total. The summed E-state index contributed by atoms with van der Waals surface area (Å²) >= 11 is 0. The van der Waals surface area contributed by atoms with Gasteiger partial charge in [-0.1, -0.05) is 13.8 Å². The van der Waals surface area contributed by atoms with Crippen LogP contribution in [0.15, 0.2) is 6.07 Å². The first-order valence-corrected chi connectivity index (χ1v) is 6.79. The minimum absolute atomic E-state index is 0.125. The predicted octanol–water partition coefficient (Wildman–Crippen LogP) is 2.69. The van der Waals surface area contributed by atoms with Gasteiger partial charge >= 0.3 is 5.97 Å². The molecule has 0 amide bonds. The molecule has 0 N–H and O–H groups in total. The molecule has 1 heterocycles. The molecule has 104 valence electrons. The average Bonchev–Trinajstić information content (AvgIpc) is 2.68. The van der Waals surface area contributed by atoms with Gasteiger partial charge in [0.2, 0.25) is 0 Å². The normalized spacial score (nSPS) is 16.4. The maximum Gasteiger partial charge on any atom is 0.329 e. The van der Waals surface area contributed by atoms with Crippen LogP contribution in [0.4, 0.5) is 0 Å². The molecule has 1 aromatic rings. The van der Waals surface area contributed by atoms with E-state index < -0.39 is 0 Å². The first-order chi connectivity index (χ1) is 8.97. The number of fused-ring (bicyclic) bond motifs is 1. The molecule has 0 radical (unpaired) electrons. The topological polar surface area (TPSA) is 48.3 Å². The maximum absolute atomic E-state index is 12.0. The first kappa shape index (κ1) is 13.8. The summed E-state index contributed by atoms with van der Waals surface area (Å²) in [6.45, 7) is 5.94. The second-order valence-electron chi connectivity index (χ2n) is 5.50. The van der Waals surface area contributed by atoms with E-state index in [1.54, 1.807) is 0 Å². The van der Waals surface area contributed by atoms with Gasteiger partial charge in [-0.25, -0.2) is 4.79 Å². The highest BCUT2D eigenvalue weighted by Gasteiger charge is 2.31. The smallest absolute Gasteiger partial charge is 0.329 e. The van der Waals surface area contributed by atoms with Crippen LogP contribution in [-0.2, 0) is 16.0 Å². The van der Waals surface area contributed by atoms with Crippen LogP contribution in [0.2, 0.25) is 0 Å². The van der Waals surface area contributed by atoms with E-state index in [0.717, 1.165) is 29.8 Å². The summed E-state index contributed by atoms with van der Waals surface area (Å²) < 4.78 is 6.93. The lowest BCUT2D eigenvalue weighted by Gasteiger charge is -2.25. The Morgan fingerprint density at radius 2 is 2.05 bits per heavy atom. The van der Waals surface area contributed by atoms with E-state index in [-0.39, 0.29) is 23.7 Å². The van der Waals surface area contributed by atoms with Crippen molar-refractivity contribution in [1.82, 2.24) is 4.57 Å². The molecule has 1 aromatic heterocycles. The summed E-state index contributed by atoms with van der Waals surface area (Å²) in [6, 6.07) is 1.56. The van der Waals surface area contributed by atoms with Crippen LogP contribution in [0, 0.1) is 12.8 Å². The number of carbonyl (C=O) groups is 2. The zero-order chi connectivity index (χ0) is 14.2. The molecular weight excluding hydrogens is 242 g/mol. The Bertz CT molecular complexity index is 514. The summed E-state index contributed by atoms with van der Waals surface area (Å²) in [7, 11) is 1.41. The minimum atomic E-state index is -0.348. The number of aryl methyl sites for hydroxylation is 1. The molecule has 1 atom stereocenters. The fourth-order valence-electron chi connectivity index (χ4n) is 2.94. The Balaban J connectivity index is 2.54. The van der Waals surface area contributed by atoms with Crippen molar-refractivity contribution in [1.29, 1.82) is 0 Å². The maximum atomic E-state index is 12.0. The molecule has 0 aromatic carbocycles. The number of ketones is 1. The van der Waals surface area contributed by atoms with E-state index in [9.17, 15) is 9.59 Å². The van der Waals surface area contributed by atoms with Crippen molar-refractivity contribution in [2.45, 2.75) is 46.1 Å². The number of carbonyl (C=O) groups excluding carboxylic acids is 2. The standard InChI is InChI=1S/C15H21NO3/c1-9(2)14(15(18)19-4)16-10(3)8-11-12(16)6-5-7-13(11)17/h8-9,14H,5-7H2,1-4H3. The van der Waals surface area contributed by atoms with Crippen LogP contribution in [-0.4, -0.2) is 23.4 Å². The lowest BCUT2D eigenvalue weighted by atomic mass is 9.95. The SMILES string of the molecule is COC(=O)C(C(C)C)n1c(C)cc2c1CCCC2=O. The monoisotopic (exact) mass is 263 g/mol. The Labute approximate surface area is 113 Å². The van der Waals surface area contributed by atoms with Crippen LogP contribution in [0.5, 0.6) is 0 Å². The molecule has 0 spiro atoms. The predicted molar refractivity (Wildman–Crippen MR) is 72.3 cm³/mol. The van der Waals surface area contributed by atoms with Gasteiger partial charge in [0.25, 0.3) is 0 Å². The van der Waals surface area contributed by atoms with E-state index in [4.69, 9.17) is 4.74 Å². The first-order valence-electron chi connectivity index (χ1n) is 6.79. The zero-order valence-electron chi connectivity index (χ0n) is 12.0. The number of nitrogens with zero attached hydrogens (tertiary/aromatic N) is 1. The lowest BCUT2D eigenvalue weighted by molar-refractivity contribution is -0.146. The van der Waals surface area contributed by atoms with E-state index in [0.29, 0.717) is 6.42 Å². The molecular formula is C15H21NO3. The van der Waals surface area contributed by atoms with Crippen molar-refractivity contribution in [3.05, 3.63) is 23.0 Å². The van der Waals surface area contributed by atoms with Crippen LogP contribution in [0.3, 0.4) is 0 Å². The number of methoxy groups -OCH3 is 1. The van der Waals surface area contributed by atoms with E-state index >= 15 is 0 Å². The van der Waals surface area contributed by atoms with E-state index in [1.807, 2.05) is 31.4 Å². The van der Waals surface area contributed by atoms with Crippen molar-refractivity contribution in [3.63, 3.8) is 0 Å². The number of esters is 1. The van der Waals surface area contributed by atoms with Gasteiger partial charge in [0.15, 0.2) is 5.78 Å². The molecule has 19 heavy (non-hydrogen) atoms. The molecule has 0 bridgehead atoms. The third-order valence-corrected chi connectivity index (χ3v) is 3.81. The van der Waals surface area contributed by atoms with Crippen molar-refractivity contribution in [3.8, 4) is 0 Å². The molecule has 4 heteroatoms. The summed E-state index contributed by atoms with van der Waals surface area (Å²) in [5.74, 6) is 0.0738. The van der Waals surface area contributed by atoms with Gasteiger partial charge in [-0.2, -0.15) is 0 Å². The zero-order valence-corrected chi connectivity index (χ0v) is 12.0. The Morgan fingerprint density at radius 3 is 2.63 bits per heavy atom. The molecule has 1 aliphatic rings. The third-order valence-electron chi connectivity index (χ3n) is 3.81. The average molecular weight is 263 g/mol. The largest absolute Gasteiger partial charge is 0.467 e. The number of aromatic nitrogens is 1. The van der Waals surface area contributed by atoms with E-state index in [1.165, 1.54) is 7.11 Å². The second kappa shape index (κ2) is 5.19. The summed E-state index contributed by atoms with van der Waals surface area (Å²) in [5, 5.41) is 0. The highest BCUT2D eigenvalue weighted by molar-refractivity contribution is 5.98. The van der Waals surface area contributed by atoms with Crippen LogP contribution in [0.25, 0.3) is 0 Å². The summed E-state index contributed by atoms with van der Waals surface area (Å²) in [5.41, 5.74) is 2.75. The molecule has 1 unspecified atom stereocenters. The summed E-state index contributed by atoms with van der Waals surface area (Å²) in [6.07, 6.45) is 2.33. The highest BCUT2D eigenvalue weighted by Crippen LogP contribution is 2.31. The van der Waals surface area contributed by atoms with Gasteiger partial charge in [0.05, 0.1) is 7.11 Å². The second-order valence-corrected chi connectivity index (χ2v) is 5.50. The van der Waals surface area contributed by atoms with Crippen LogP contribution < -0.4 is 0 Å². The Kier molecular flexibility index (Phi) is 3.78. The molecule has 0 fully saturated rings. The van der Waals surface area contributed by atoms with Gasteiger partial charge in [-0.05, 0) is 31.7 Å². The van der Waals surface area contributed by atoms with Gasteiger partial charge in [0.1, 0.15) is 6.04 Å². The number of ether oxygens (including phenoxy) is 1. The van der Waals surface area contributed by atoms with Gasteiger partial charge in [0, 0.05) is 23.4 Å². The van der Waals surface area contributed by atoms with Gasteiger partial charge in [-0.3, -0.25) is 4.79 Å². The van der Waals surface area contributed by atoms with Crippen molar-refractivity contribution in [2.75, 3.05) is 7.11 Å². The fraction of sp³-hybridized carbons (Fsp3) is 0.600. The van der Waals surface area contributed by atoms with Crippen molar-refractivity contribution < 1.29 is 14.3 Å². The minimum Gasteiger partial charge on any atom is -0.467 e. The fourth-order valence-corrected chi connectivity index (χ4v) is 2.94. The molecule has 0 saturated heterocycles. The number of rotatable bonds is 3. The van der Waals surface area contributed by atoms with Gasteiger partial charge in [-0.15, -0.1) is 0 Å². The quantitative estimate of drug-likeness (QED) is 0.788. The molecule has 1 aliphatic carbocycles. The lowest BCUT2D eigenvalue weighted by Crippen LogP contribution is -2.28. The van der Waals surface area contributed by atoms with Crippen molar-refractivity contribution >= 4 is 11.8 Å². The van der Waals surface area contributed by atoms with E-state index in [2.05, 4.69) is 0 Å². The third kappa shape index (κ3) is 2.31. The van der Waals surface area contributed by atoms with Crippen LogP contribution in [0.1, 0.15) is 54.5 Å². The Morgan fingerprint density at radius 1 is 1.37 bits per heavy atom. The number of Topliss-reactive ketones (excluding diaryl/α,β-unsaturated/α-hetero) is 1. The molecule has 2 rings (SSSR count).